The van der Waals surface area contributed by atoms with Gasteiger partial charge in [0.05, 0.1) is 11.9 Å². The lowest BCUT2D eigenvalue weighted by molar-refractivity contribution is -0.167. The van der Waals surface area contributed by atoms with Crippen LogP contribution in [0.15, 0.2) is 12.3 Å². The van der Waals surface area contributed by atoms with E-state index in [2.05, 4.69) is 14.5 Å². The SMILES string of the molecule is Nc1cc(F)cnc1OCOC(F)F. The molecule has 4 nitrogen and oxygen atoms in total. The number of ether oxygens (including phenoxy) is 2. The first-order valence-electron chi connectivity index (χ1n) is 3.53. The Bertz CT molecular complexity index is 309. The Morgan fingerprint density at radius 2 is 2.21 bits per heavy atom. The van der Waals surface area contributed by atoms with E-state index in [1.165, 1.54) is 0 Å². The van der Waals surface area contributed by atoms with Gasteiger partial charge in [-0.25, -0.2) is 9.37 Å². The maximum Gasteiger partial charge on any atom is 0.348 e. The summed E-state index contributed by atoms with van der Waals surface area (Å²) in [5.74, 6) is -0.781. The monoisotopic (exact) mass is 208 g/mol. The number of rotatable bonds is 4. The molecular weight excluding hydrogens is 201 g/mol. The summed E-state index contributed by atoms with van der Waals surface area (Å²) in [5.41, 5.74) is 5.19. The molecule has 7 heteroatoms. The first kappa shape index (κ1) is 10.6. The molecule has 1 heterocycles. The van der Waals surface area contributed by atoms with Crippen LogP contribution < -0.4 is 10.5 Å². The van der Waals surface area contributed by atoms with E-state index in [-0.39, 0.29) is 11.6 Å². The van der Waals surface area contributed by atoms with Crippen LogP contribution in [0.5, 0.6) is 5.88 Å². The molecule has 0 fully saturated rings. The number of hydrogen-bond donors (Lipinski definition) is 1. The van der Waals surface area contributed by atoms with Gasteiger partial charge in [0.2, 0.25) is 5.88 Å². The van der Waals surface area contributed by atoms with Crippen molar-refractivity contribution in [1.82, 2.24) is 4.98 Å². The third-order valence-corrected chi connectivity index (χ3v) is 1.24. The summed E-state index contributed by atoms with van der Waals surface area (Å²) in [6, 6.07) is 0.963. The molecule has 1 aromatic heterocycles. The lowest BCUT2D eigenvalue weighted by Gasteiger charge is -2.07. The number of aromatic nitrogens is 1. The molecule has 0 amide bonds. The highest BCUT2D eigenvalue weighted by molar-refractivity contribution is 5.47. The molecule has 0 radical (unpaired) electrons. The van der Waals surface area contributed by atoms with Gasteiger partial charge in [-0.05, 0) is 0 Å². The van der Waals surface area contributed by atoms with Gasteiger partial charge in [0, 0.05) is 6.07 Å². The van der Waals surface area contributed by atoms with Crippen LogP contribution in [0.3, 0.4) is 0 Å². The fourth-order valence-corrected chi connectivity index (χ4v) is 0.704. The summed E-state index contributed by atoms with van der Waals surface area (Å²) in [5, 5.41) is 0. The van der Waals surface area contributed by atoms with Crippen molar-refractivity contribution in [3.8, 4) is 5.88 Å². The van der Waals surface area contributed by atoms with Gasteiger partial charge in [0.1, 0.15) is 5.82 Å². The van der Waals surface area contributed by atoms with Gasteiger partial charge < -0.3 is 10.5 Å². The molecule has 0 aromatic carbocycles. The van der Waals surface area contributed by atoms with E-state index in [0.717, 1.165) is 12.3 Å². The molecule has 2 N–H and O–H groups in total. The maximum absolute atomic E-state index is 12.4. The Labute approximate surface area is 77.4 Å². The van der Waals surface area contributed by atoms with E-state index in [0.29, 0.717) is 0 Å². The van der Waals surface area contributed by atoms with Crippen molar-refractivity contribution in [2.75, 3.05) is 12.5 Å². The summed E-state index contributed by atoms with van der Waals surface area (Å²) < 4.78 is 43.8. The van der Waals surface area contributed by atoms with Gasteiger partial charge in [-0.3, -0.25) is 4.74 Å². The van der Waals surface area contributed by atoms with Crippen LogP contribution in [0, 0.1) is 5.82 Å². The quantitative estimate of drug-likeness (QED) is 0.759. The number of nitrogens with two attached hydrogens (primary N) is 1. The number of pyridine rings is 1. The van der Waals surface area contributed by atoms with Gasteiger partial charge in [-0.15, -0.1) is 0 Å². The van der Waals surface area contributed by atoms with E-state index in [1.807, 2.05) is 0 Å². The van der Waals surface area contributed by atoms with Gasteiger partial charge >= 0.3 is 6.61 Å². The van der Waals surface area contributed by atoms with Gasteiger partial charge in [0.25, 0.3) is 0 Å². The van der Waals surface area contributed by atoms with E-state index < -0.39 is 19.2 Å². The largest absolute Gasteiger partial charge is 0.449 e. The van der Waals surface area contributed by atoms with Crippen LogP contribution in [-0.2, 0) is 4.74 Å². The highest BCUT2D eigenvalue weighted by atomic mass is 19.3. The summed E-state index contributed by atoms with van der Waals surface area (Å²) in [6.07, 6.45) is 0.855. The minimum absolute atomic E-state index is 0.0807. The number of halogens is 3. The first-order valence-corrected chi connectivity index (χ1v) is 3.53. The van der Waals surface area contributed by atoms with E-state index in [4.69, 9.17) is 5.73 Å². The van der Waals surface area contributed by atoms with Crippen LogP contribution in [0.1, 0.15) is 0 Å². The highest BCUT2D eigenvalue weighted by Gasteiger charge is 2.06. The molecule has 1 rings (SSSR count). The normalized spacial score (nSPS) is 10.6. The summed E-state index contributed by atoms with van der Waals surface area (Å²) >= 11 is 0. The second-order valence-corrected chi connectivity index (χ2v) is 2.24. The van der Waals surface area contributed by atoms with Crippen molar-refractivity contribution < 1.29 is 22.6 Å². The van der Waals surface area contributed by atoms with E-state index in [9.17, 15) is 13.2 Å². The Hall–Kier alpha value is -1.50. The Balaban J connectivity index is 2.51. The van der Waals surface area contributed by atoms with Crippen LogP contribution >= 0.6 is 0 Å². The van der Waals surface area contributed by atoms with Crippen molar-refractivity contribution in [3.05, 3.63) is 18.1 Å². The van der Waals surface area contributed by atoms with Gasteiger partial charge in [-0.2, -0.15) is 8.78 Å². The van der Waals surface area contributed by atoms with Crippen LogP contribution in [0.25, 0.3) is 0 Å². The smallest absolute Gasteiger partial charge is 0.348 e. The molecule has 0 aliphatic heterocycles. The van der Waals surface area contributed by atoms with E-state index in [1.54, 1.807) is 0 Å². The van der Waals surface area contributed by atoms with Crippen LogP contribution in [0.2, 0.25) is 0 Å². The summed E-state index contributed by atoms with van der Waals surface area (Å²) in [4.78, 5) is 3.43. The number of nitrogen functional groups attached to an aromatic ring is 1. The van der Waals surface area contributed by atoms with Crippen LogP contribution in [0.4, 0.5) is 18.9 Å². The molecule has 0 aliphatic carbocycles. The number of alkyl halides is 2. The second-order valence-electron chi connectivity index (χ2n) is 2.24. The Morgan fingerprint density at radius 1 is 1.50 bits per heavy atom. The molecule has 0 atom stereocenters. The first-order chi connectivity index (χ1) is 6.59. The molecule has 0 saturated carbocycles. The average molecular weight is 208 g/mol. The molecule has 1 aromatic rings. The third-order valence-electron chi connectivity index (χ3n) is 1.24. The molecule has 0 bridgehead atoms. The minimum Gasteiger partial charge on any atom is -0.449 e. The van der Waals surface area contributed by atoms with Crippen molar-refractivity contribution in [1.29, 1.82) is 0 Å². The van der Waals surface area contributed by atoms with Gasteiger partial charge in [0.15, 0.2) is 6.79 Å². The molecule has 0 aliphatic rings. The molecule has 0 spiro atoms. The highest BCUT2D eigenvalue weighted by Crippen LogP contribution is 2.18. The van der Waals surface area contributed by atoms with Crippen molar-refractivity contribution in [3.63, 3.8) is 0 Å². The fourth-order valence-electron chi connectivity index (χ4n) is 0.704. The van der Waals surface area contributed by atoms with E-state index >= 15 is 0 Å². The topological polar surface area (TPSA) is 57.4 Å². The lowest BCUT2D eigenvalue weighted by Crippen LogP contribution is -2.09. The van der Waals surface area contributed by atoms with Crippen molar-refractivity contribution >= 4 is 5.69 Å². The Kier molecular flexibility index (Phi) is 3.52. The summed E-state index contributed by atoms with van der Waals surface area (Å²) in [7, 11) is 0. The summed E-state index contributed by atoms with van der Waals surface area (Å²) in [6.45, 7) is -3.63. The zero-order chi connectivity index (χ0) is 10.6. The predicted octanol–water partition coefficient (Wildman–Crippen LogP) is 1.38. The minimum atomic E-state index is -2.93. The number of anilines is 1. The molecule has 78 valence electrons. The van der Waals surface area contributed by atoms with Crippen molar-refractivity contribution in [2.45, 2.75) is 6.61 Å². The zero-order valence-corrected chi connectivity index (χ0v) is 6.91. The van der Waals surface area contributed by atoms with Gasteiger partial charge in [-0.1, -0.05) is 0 Å². The lowest BCUT2D eigenvalue weighted by atomic mass is 10.4. The molecular formula is C7H7F3N2O2. The number of nitrogens with zero attached hydrogens (tertiary/aromatic N) is 1. The maximum atomic E-state index is 12.4. The molecule has 0 unspecified atom stereocenters. The van der Waals surface area contributed by atoms with Crippen LogP contribution in [-0.4, -0.2) is 18.4 Å². The second kappa shape index (κ2) is 4.66. The zero-order valence-electron chi connectivity index (χ0n) is 6.91. The molecule has 0 saturated heterocycles. The average Bonchev–Trinajstić information content (AvgIpc) is 2.08. The number of hydrogen-bond acceptors (Lipinski definition) is 4. The Morgan fingerprint density at radius 3 is 2.79 bits per heavy atom. The molecule has 14 heavy (non-hydrogen) atoms. The predicted molar refractivity (Wildman–Crippen MR) is 41.2 cm³/mol. The fraction of sp³-hybridized carbons (Fsp3) is 0.286. The third kappa shape index (κ3) is 3.09. The van der Waals surface area contributed by atoms with Crippen molar-refractivity contribution in [2.24, 2.45) is 0 Å². The standard InChI is InChI=1S/C7H7F3N2O2/c8-4-1-5(11)6(12-2-4)13-3-14-7(9)10/h1-2,7H,3,11H2.